The zero-order valence-corrected chi connectivity index (χ0v) is 10.1. The molecule has 0 radical (unpaired) electrons. The SMILES string of the molecule is Cc1cc(F)cc(-c2c(Cl)cccc2Cl)c1. The van der Waals surface area contributed by atoms with Gasteiger partial charge in [0.2, 0.25) is 0 Å². The average Bonchev–Trinajstić information content (AvgIpc) is 2.15. The Balaban J connectivity index is 2.67. The van der Waals surface area contributed by atoms with Crippen molar-refractivity contribution in [2.75, 3.05) is 0 Å². The van der Waals surface area contributed by atoms with E-state index in [0.717, 1.165) is 5.56 Å². The van der Waals surface area contributed by atoms with Gasteiger partial charge in [0, 0.05) is 15.6 Å². The Morgan fingerprint density at radius 3 is 2.19 bits per heavy atom. The van der Waals surface area contributed by atoms with Crippen LogP contribution in [0, 0.1) is 12.7 Å². The maximum Gasteiger partial charge on any atom is 0.124 e. The highest BCUT2D eigenvalue weighted by Crippen LogP contribution is 2.35. The minimum absolute atomic E-state index is 0.286. The summed E-state index contributed by atoms with van der Waals surface area (Å²) in [5.74, 6) is -0.286. The molecular weight excluding hydrogens is 246 g/mol. The van der Waals surface area contributed by atoms with Gasteiger partial charge in [0.05, 0.1) is 0 Å². The molecular formula is C13H9Cl2F. The molecule has 0 unspecified atom stereocenters. The van der Waals surface area contributed by atoms with E-state index in [9.17, 15) is 4.39 Å². The molecule has 82 valence electrons. The Bertz CT molecular complexity index is 495. The van der Waals surface area contributed by atoms with Crippen molar-refractivity contribution in [3.63, 3.8) is 0 Å². The van der Waals surface area contributed by atoms with E-state index in [4.69, 9.17) is 23.2 Å². The van der Waals surface area contributed by atoms with Crippen LogP contribution in [0.1, 0.15) is 5.56 Å². The molecule has 0 saturated carbocycles. The molecule has 0 aliphatic heterocycles. The van der Waals surface area contributed by atoms with Gasteiger partial charge in [-0.1, -0.05) is 35.3 Å². The summed E-state index contributed by atoms with van der Waals surface area (Å²) in [5, 5.41) is 1.05. The Hall–Kier alpha value is -1.05. The molecule has 0 spiro atoms. The fourth-order valence-corrected chi connectivity index (χ4v) is 2.27. The highest BCUT2D eigenvalue weighted by Gasteiger charge is 2.09. The number of aryl methyl sites for hydroxylation is 1. The van der Waals surface area contributed by atoms with Gasteiger partial charge in [-0.05, 0) is 42.3 Å². The summed E-state index contributed by atoms with van der Waals surface area (Å²) in [4.78, 5) is 0. The smallest absolute Gasteiger partial charge is 0.124 e. The van der Waals surface area contributed by atoms with Crippen LogP contribution < -0.4 is 0 Å². The van der Waals surface area contributed by atoms with Crippen LogP contribution in [-0.2, 0) is 0 Å². The van der Waals surface area contributed by atoms with E-state index < -0.39 is 0 Å². The van der Waals surface area contributed by atoms with Gasteiger partial charge in [0.25, 0.3) is 0 Å². The van der Waals surface area contributed by atoms with E-state index in [1.807, 2.05) is 13.0 Å². The minimum atomic E-state index is -0.286. The lowest BCUT2D eigenvalue weighted by Gasteiger charge is -2.08. The Morgan fingerprint density at radius 2 is 1.62 bits per heavy atom. The first-order valence-electron chi connectivity index (χ1n) is 4.79. The second kappa shape index (κ2) is 4.44. The molecule has 2 aromatic carbocycles. The standard InChI is InChI=1S/C13H9Cl2F/c1-8-5-9(7-10(16)6-8)13-11(14)3-2-4-12(13)15/h2-7H,1H3. The van der Waals surface area contributed by atoms with Gasteiger partial charge in [-0.2, -0.15) is 0 Å². The van der Waals surface area contributed by atoms with Gasteiger partial charge < -0.3 is 0 Å². The van der Waals surface area contributed by atoms with E-state index in [1.54, 1.807) is 18.2 Å². The van der Waals surface area contributed by atoms with Crippen LogP contribution in [0.25, 0.3) is 11.1 Å². The van der Waals surface area contributed by atoms with Gasteiger partial charge >= 0.3 is 0 Å². The number of halogens is 3. The first kappa shape index (κ1) is 11.4. The van der Waals surface area contributed by atoms with Crippen LogP contribution in [0.5, 0.6) is 0 Å². The van der Waals surface area contributed by atoms with E-state index in [-0.39, 0.29) is 5.82 Å². The van der Waals surface area contributed by atoms with Gasteiger partial charge in [-0.3, -0.25) is 0 Å². The Labute approximate surface area is 104 Å². The molecule has 0 heterocycles. The molecule has 2 aromatic rings. The molecule has 0 atom stereocenters. The maximum atomic E-state index is 13.3. The fraction of sp³-hybridized carbons (Fsp3) is 0.0769. The normalized spacial score (nSPS) is 10.5. The second-order valence-corrected chi connectivity index (χ2v) is 4.43. The number of hydrogen-bond donors (Lipinski definition) is 0. The van der Waals surface area contributed by atoms with Gasteiger partial charge in [-0.25, -0.2) is 4.39 Å². The largest absolute Gasteiger partial charge is 0.207 e. The van der Waals surface area contributed by atoms with E-state index in [1.165, 1.54) is 12.1 Å². The highest BCUT2D eigenvalue weighted by molar-refractivity contribution is 6.39. The summed E-state index contributed by atoms with van der Waals surface area (Å²) in [6, 6.07) is 10.00. The zero-order valence-electron chi connectivity index (χ0n) is 8.60. The summed E-state index contributed by atoms with van der Waals surface area (Å²) >= 11 is 12.1. The molecule has 0 saturated heterocycles. The molecule has 2 rings (SSSR count). The molecule has 0 N–H and O–H groups in total. The van der Waals surface area contributed by atoms with E-state index in [0.29, 0.717) is 21.2 Å². The van der Waals surface area contributed by atoms with Crippen molar-refractivity contribution in [1.82, 2.24) is 0 Å². The van der Waals surface area contributed by atoms with Crippen LogP contribution in [0.4, 0.5) is 4.39 Å². The summed E-state index contributed by atoms with van der Waals surface area (Å²) < 4.78 is 13.3. The third kappa shape index (κ3) is 2.21. The molecule has 0 amide bonds. The van der Waals surface area contributed by atoms with Gasteiger partial charge in [0.15, 0.2) is 0 Å². The van der Waals surface area contributed by atoms with Crippen LogP contribution in [0.2, 0.25) is 10.0 Å². The van der Waals surface area contributed by atoms with Crippen molar-refractivity contribution in [2.24, 2.45) is 0 Å². The summed E-state index contributed by atoms with van der Waals surface area (Å²) in [6.45, 7) is 1.83. The lowest BCUT2D eigenvalue weighted by atomic mass is 10.0. The van der Waals surface area contributed by atoms with Crippen molar-refractivity contribution < 1.29 is 4.39 Å². The quantitative estimate of drug-likeness (QED) is 0.664. The summed E-state index contributed by atoms with van der Waals surface area (Å²) in [7, 11) is 0. The van der Waals surface area contributed by atoms with Crippen LogP contribution in [0.3, 0.4) is 0 Å². The number of rotatable bonds is 1. The monoisotopic (exact) mass is 254 g/mol. The Morgan fingerprint density at radius 1 is 1.00 bits per heavy atom. The second-order valence-electron chi connectivity index (χ2n) is 3.61. The lowest BCUT2D eigenvalue weighted by molar-refractivity contribution is 0.627. The Kier molecular flexibility index (Phi) is 3.17. The van der Waals surface area contributed by atoms with Gasteiger partial charge in [0.1, 0.15) is 5.82 Å². The zero-order chi connectivity index (χ0) is 11.7. The molecule has 0 aromatic heterocycles. The topological polar surface area (TPSA) is 0 Å². The van der Waals surface area contributed by atoms with E-state index in [2.05, 4.69) is 0 Å². The number of benzene rings is 2. The van der Waals surface area contributed by atoms with Crippen molar-refractivity contribution in [2.45, 2.75) is 6.92 Å². The summed E-state index contributed by atoms with van der Waals surface area (Å²) in [6.07, 6.45) is 0. The third-order valence-electron chi connectivity index (χ3n) is 2.29. The number of hydrogen-bond acceptors (Lipinski definition) is 0. The van der Waals surface area contributed by atoms with Crippen LogP contribution in [0.15, 0.2) is 36.4 Å². The summed E-state index contributed by atoms with van der Waals surface area (Å²) in [5.41, 5.74) is 2.22. The molecule has 0 fully saturated rings. The molecule has 3 heteroatoms. The fourth-order valence-electron chi connectivity index (χ4n) is 1.65. The first-order chi connectivity index (χ1) is 7.58. The molecule has 0 bridgehead atoms. The average molecular weight is 255 g/mol. The van der Waals surface area contributed by atoms with Crippen molar-refractivity contribution >= 4 is 23.2 Å². The van der Waals surface area contributed by atoms with Crippen molar-refractivity contribution in [1.29, 1.82) is 0 Å². The third-order valence-corrected chi connectivity index (χ3v) is 2.92. The van der Waals surface area contributed by atoms with E-state index >= 15 is 0 Å². The predicted octanol–water partition coefficient (Wildman–Crippen LogP) is 5.11. The minimum Gasteiger partial charge on any atom is -0.207 e. The molecule has 0 nitrogen and oxygen atoms in total. The van der Waals surface area contributed by atoms with Crippen LogP contribution in [-0.4, -0.2) is 0 Å². The lowest BCUT2D eigenvalue weighted by Crippen LogP contribution is -1.85. The van der Waals surface area contributed by atoms with Crippen LogP contribution >= 0.6 is 23.2 Å². The highest BCUT2D eigenvalue weighted by atomic mass is 35.5. The van der Waals surface area contributed by atoms with Crippen molar-refractivity contribution in [3.05, 3.63) is 57.8 Å². The first-order valence-corrected chi connectivity index (χ1v) is 5.55. The predicted molar refractivity (Wildman–Crippen MR) is 66.6 cm³/mol. The van der Waals surface area contributed by atoms with Crippen molar-refractivity contribution in [3.8, 4) is 11.1 Å². The molecule has 0 aliphatic rings. The maximum absolute atomic E-state index is 13.3. The van der Waals surface area contributed by atoms with Gasteiger partial charge in [-0.15, -0.1) is 0 Å². The molecule has 0 aliphatic carbocycles. The molecule has 16 heavy (non-hydrogen) atoms.